The predicted molar refractivity (Wildman–Crippen MR) is 122 cm³/mol. The highest BCUT2D eigenvalue weighted by atomic mass is 16.2. The molecule has 1 fully saturated rings. The molecule has 2 aromatic heterocycles. The quantitative estimate of drug-likeness (QED) is 0.642. The summed E-state index contributed by atoms with van der Waals surface area (Å²) in [7, 11) is 0. The van der Waals surface area contributed by atoms with Crippen molar-refractivity contribution in [1.29, 1.82) is 0 Å². The molecule has 1 aliphatic rings. The van der Waals surface area contributed by atoms with Gasteiger partial charge in [-0.15, -0.1) is 0 Å². The van der Waals surface area contributed by atoms with Crippen molar-refractivity contribution in [1.82, 2.24) is 19.7 Å². The number of benzene rings is 1. The molecule has 3 aromatic rings. The minimum Gasteiger partial charge on any atom is -0.368 e. The van der Waals surface area contributed by atoms with E-state index in [1.54, 1.807) is 16.9 Å². The SMILES string of the molecule is Cc1cc(C)n(CC(=O)N2CCN(c3ccccc3Cc3cncc(C(N)=O)c3)CC2)n1. The monoisotopic (exact) mass is 432 g/mol. The Morgan fingerprint density at radius 1 is 1.03 bits per heavy atom. The molecule has 1 aromatic carbocycles. The first kappa shape index (κ1) is 21.5. The summed E-state index contributed by atoms with van der Waals surface area (Å²) < 4.78 is 1.77. The Labute approximate surface area is 187 Å². The molecular formula is C24H28N6O2. The Morgan fingerprint density at radius 3 is 2.47 bits per heavy atom. The maximum Gasteiger partial charge on any atom is 0.250 e. The molecule has 0 unspecified atom stereocenters. The van der Waals surface area contributed by atoms with Crippen molar-refractivity contribution in [2.45, 2.75) is 26.8 Å². The largest absolute Gasteiger partial charge is 0.368 e. The van der Waals surface area contributed by atoms with E-state index in [1.807, 2.05) is 36.9 Å². The van der Waals surface area contributed by atoms with E-state index in [2.05, 4.69) is 27.1 Å². The van der Waals surface area contributed by atoms with Gasteiger partial charge in [0.25, 0.3) is 0 Å². The van der Waals surface area contributed by atoms with Crippen molar-refractivity contribution in [2.75, 3.05) is 31.1 Å². The minimum absolute atomic E-state index is 0.0958. The number of nitrogens with two attached hydrogens (primary N) is 1. The lowest BCUT2D eigenvalue weighted by Crippen LogP contribution is -2.50. The summed E-state index contributed by atoms with van der Waals surface area (Å²) in [5.74, 6) is -0.382. The highest BCUT2D eigenvalue weighted by molar-refractivity contribution is 5.92. The summed E-state index contributed by atoms with van der Waals surface area (Å²) in [6, 6.07) is 12.0. The lowest BCUT2D eigenvalue weighted by atomic mass is 10.0. The Bertz CT molecular complexity index is 1130. The number of pyridine rings is 1. The van der Waals surface area contributed by atoms with Gasteiger partial charge in [0, 0.05) is 56.4 Å². The molecule has 0 spiro atoms. The number of anilines is 1. The van der Waals surface area contributed by atoms with E-state index in [9.17, 15) is 9.59 Å². The van der Waals surface area contributed by atoms with Gasteiger partial charge in [0.05, 0.1) is 11.3 Å². The zero-order valence-corrected chi connectivity index (χ0v) is 18.5. The summed E-state index contributed by atoms with van der Waals surface area (Å²) in [6.45, 7) is 7.05. The number of carbonyl (C=O) groups excluding carboxylic acids is 2. The predicted octanol–water partition coefficient (Wildman–Crippen LogP) is 1.93. The van der Waals surface area contributed by atoms with Crippen LogP contribution in [-0.4, -0.2) is 57.7 Å². The van der Waals surface area contributed by atoms with E-state index < -0.39 is 5.91 Å². The molecule has 0 bridgehead atoms. The Kier molecular flexibility index (Phi) is 6.20. The lowest BCUT2D eigenvalue weighted by Gasteiger charge is -2.37. The normalized spacial score (nSPS) is 13.9. The van der Waals surface area contributed by atoms with E-state index >= 15 is 0 Å². The number of rotatable bonds is 6. The molecule has 8 nitrogen and oxygen atoms in total. The van der Waals surface area contributed by atoms with Gasteiger partial charge in [-0.05, 0) is 43.2 Å². The summed E-state index contributed by atoms with van der Waals surface area (Å²) in [4.78, 5) is 32.6. The number of primary amides is 1. The molecule has 3 heterocycles. The van der Waals surface area contributed by atoms with Crippen LogP contribution < -0.4 is 10.6 Å². The zero-order chi connectivity index (χ0) is 22.7. The van der Waals surface area contributed by atoms with Gasteiger partial charge in [-0.2, -0.15) is 5.10 Å². The van der Waals surface area contributed by atoms with Gasteiger partial charge >= 0.3 is 0 Å². The molecule has 0 radical (unpaired) electrons. The molecule has 2 amide bonds. The molecule has 1 aliphatic heterocycles. The average Bonchev–Trinajstić information content (AvgIpc) is 3.11. The highest BCUT2D eigenvalue weighted by Crippen LogP contribution is 2.24. The van der Waals surface area contributed by atoms with Crippen LogP contribution in [-0.2, 0) is 17.8 Å². The second kappa shape index (κ2) is 9.21. The van der Waals surface area contributed by atoms with Gasteiger partial charge in [-0.1, -0.05) is 18.2 Å². The molecular weight excluding hydrogens is 404 g/mol. The maximum atomic E-state index is 12.8. The van der Waals surface area contributed by atoms with Crippen LogP contribution in [0.3, 0.4) is 0 Å². The van der Waals surface area contributed by atoms with Crippen LogP contribution in [0.4, 0.5) is 5.69 Å². The van der Waals surface area contributed by atoms with Crippen LogP contribution in [0.15, 0.2) is 48.8 Å². The van der Waals surface area contributed by atoms with Gasteiger partial charge in [0.2, 0.25) is 11.8 Å². The van der Waals surface area contributed by atoms with E-state index in [-0.39, 0.29) is 12.5 Å². The third-order valence-corrected chi connectivity index (χ3v) is 5.83. The topological polar surface area (TPSA) is 97.4 Å². The zero-order valence-electron chi connectivity index (χ0n) is 18.5. The first-order chi connectivity index (χ1) is 15.4. The first-order valence-electron chi connectivity index (χ1n) is 10.8. The van der Waals surface area contributed by atoms with Crippen LogP contribution >= 0.6 is 0 Å². The number of carbonyl (C=O) groups is 2. The molecule has 0 atom stereocenters. The van der Waals surface area contributed by atoms with E-state index in [0.29, 0.717) is 25.1 Å². The Morgan fingerprint density at radius 2 is 1.78 bits per heavy atom. The fourth-order valence-corrected chi connectivity index (χ4v) is 4.17. The van der Waals surface area contributed by atoms with E-state index in [1.165, 1.54) is 6.20 Å². The number of para-hydroxylation sites is 1. The van der Waals surface area contributed by atoms with Crippen molar-refractivity contribution >= 4 is 17.5 Å². The minimum atomic E-state index is -0.478. The average molecular weight is 433 g/mol. The van der Waals surface area contributed by atoms with Crippen LogP contribution in [0.25, 0.3) is 0 Å². The second-order valence-corrected chi connectivity index (χ2v) is 8.20. The molecule has 1 saturated heterocycles. The van der Waals surface area contributed by atoms with Crippen LogP contribution in [0.1, 0.15) is 32.9 Å². The summed E-state index contributed by atoms with van der Waals surface area (Å²) in [5.41, 5.74) is 11.0. The number of nitrogens with zero attached hydrogens (tertiary/aromatic N) is 5. The number of piperazine rings is 1. The van der Waals surface area contributed by atoms with Crippen LogP contribution in [0.5, 0.6) is 0 Å². The van der Waals surface area contributed by atoms with Crippen LogP contribution in [0, 0.1) is 13.8 Å². The first-order valence-corrected chi connectivity index (χ1v) is 10.8. The van der Waals surface area contributed by atoms with Gasteiger partial charge < -0.3 is 15.5 Å². The lowest BCUT2D eigenvalue weighted by molar-refractivity contribution is -0.132. The molecule has 0 saturated carbocycles. The van der Waals surface area contributed by atoms with Gasteiger partial charge in [-0.25, -0.2) is 0 Å². The number of hydrogen-bond donors (Lipinski definition) is 1. The number of amides is 2. The summed E-state index contributed by atoms with van der Waals surface area (Å²) in [5, 5.41) is 4.40. The van der Waals surface area contributed by atoms with Crippen LogP contribution in [0.2, 0.25) is 0 Å². The number of aromatic nitrogens is 3. The molecule has 32 heavy (non-hydrogen) atoms. The van der Waals surface area contributed by atoms with E-state index in [4.69, 9.17) is 5.73 Å². The van der Waals surface area contributed by atoms with Gasteiger partial charge in [0.1, 0.15) is 6.54 Å². The smallest absolute Gasteiger partial charge is 0.250 e. The Balaban J connectivity index is 1.42. The van der Waals surface area contributed by atoms with E-state index in [0.717, 1.165) is 41.3 Å². The summed E-state index contributed by atoms with van der Waals surface area (Å²) in [6.07, 6.45) is 3.90. The third kappa shape index (κ3) is 4.80. The molecule has 4 rings (SSSR count). The standard InChI is InChI=1S/C24H28N6O2/c1-17-11-18(2)30(27-17)16-23(31)29-9-7-28(8-10-29)22-6-4-3-5-20(22)12-19-13-21(24(25)32)15-26-14-19/h3-6,11,13-15H,7-10,12,16H2,1-2H3,(H2,25,32). The summed E-state index contributed by atoms with van der Waals surface area (Å²) >= 11 is 0. The maximum absolute atomic E-state index is 12.8. The molecule has 8 heteroatoms. The molecule has 166 valence electrons. The van der Waals surface area contributed by atoms with Crippen molar-refractivity contribution in [3.63, 3.8) is 0 Å². The fourth-order valence-electron chi connectivity index (χ4n) is 4.17. The van der Waals surface area contributed by atoms with Crippen molar-refractivity contribution < 1.29 is 9.59 Å². The van der Waals surface area contributed by atoms with Crippen molar-refractivity contribution in [2.24, 2.45) is 5.73 Å². The van der Waals surface area contributed by atoms with Crippen molar-refractivity contribution in [3.05, 3.63) is 76.9 Å². The van der Waals surface area contributed by atoms with Gasteiger partial charge in [-0.3, -0.25) is 19.3 Å². The molecule has 2 N–H and O–H groups in total. The van der Waals surface area contributed by atoms with Gasteiger partial charge in [0.15, 0.2) is 0 Å². The third-order valence-electron chi connectivity index (χ3n) is 5.83. The number of aryl methyl sites for hydroxylation is 2. The molecule has 0 aliphatic carbocycles. The number of hydrogen-bond acceptors (Lipinski definition) is 5. The second-order valence-electron chi connectivity index (χ2n) is 8.20. The fraction of sp³-hybridized carbons (Fsp3) is 0.333. The Hall–Kier alpha value is -3.68. The highest BCUT2D eigenvalue weighted by Gasteiger charge is 2.23. The van der Waals surface area contributed by atoms with Crippen molar-refractivity contribution in [3.8, 4) is 0 Å².